The second-order valence-electron chi connectivity index (χ2n) is 7.63. The average Bonchev–Trinajstić information content (AvgIpc) is 2.79. The molecule has 0 fully saturated rings. The molecule has 4 heterocycles. The van der Waals surface area contributed by atoms with Crippen molar-refractivity contribution in [3.05, 3.63) is 87.3 Å². The Bertz CT molecular complexity index is 1460. The van der Waals surface area contributed by atoms with Crippen molar-refractivity contribution < 1.29 is 4.39 Å². The molecule has 9 heteroatoms. The third-order valence-corrected chi connectivity index (χ3v) is 5.46. The first-order chi connectivity index (χ1) is 15.5. The lowest BCUT2D eigenvalue weighted by molar-refractivity contribution is 0.628. The van der Waals surface area contributed by atoms with Crippen molar-refractivity contribution in [1.82, 2.24) is 19.6 Å². The molecule has 32 heavy (non-hydrogen) atoms. The molecule has 0 bridgehead atoms. The number of benzene rings is 1. The lowest BCUT2D eigenvalue weighted by atomic mass is 10.0. The van der Waals surface area contributed by atoms with Crippen LogP contribution in [0.1, 0.15) is 22.4 Å². The number of nitrogens with one attached hydrogen (secondary N) is 1. The number of pyridine rings is 1. The van der Waals surface area contributed by atoms with Crippen LogP contribution in [0.2, 0.25) is 0 Å². The first-order valence-electron chi connectivity index (χ1n) is 10.1. The summed E-state index contributed by atoms with van der Waals surface area (Å²) in [6.07, 6.45) is 3.89. The third-order valence-electron chi connectivity index (χ3n) is 5.46. The molecule has 3 aromatic heterocycles. The first-order valence-corrected chi connectivity index (χ1v) is 10.1. The number of hydrogen-bond acceptors (Lipinski definition) is 7. The molecular weight excluding hydrogens is 409 g/mol. The summed E-state index contributed by atoms with van der Waals surface area (Å²) in [7, 11) is 0. The molecule has 0 aliphatic carbocycles. The summed E-state index contributed by atoms with van der Waals surface area (Å²) in [5.41, 5.74) is 4.57. The summed E-state index contributed by atoms with van der Waals surface area (Å²) < 4.78 is 15.0. The molecule has 1 aromatic carbocycles. The van der Waals surface area contributed by atoms with Gasteiger partial charge in [-0.05, 0) is 48.4 Å². The zero-order chi connectivity index (χ0) is 22.2. The molecule has 0 unspecified atom stereocenters. The summed E-state index contributed by atoms with van der Waals surface area (Å²) in [4.78, 5) is 23.1. The van der Waals surface area contributed by atoms with Crippen molar-refractivity contribution in [2.75, 3.05) is 16.8 Å². The predicted molar refractivity (Wildman–Crippen MR) is 117 cm³/mol. The van der Waals surface area contributed by atoms with Gasteiger partial charge < -0.3 is 10.2 Å². The number of fused-ring (bicyclic) bond motifs is 2. The highest BCUT2D eigenvalue weighted by molar-refractivity contribution is 5.67. The number of halogens is 1. The number of hydrogen-bond donors (Lipinski definition) is 1. The van der Waals surface area contributed by atoms with Gasteiger partial charge in [-0.15, -0.1) is 5.10 Å². The highest BCUT2D eigenvalue weighted by atomic mass is 19.1. The van der Waals surface area contributed by atoms with Gasteiger partial charge in [0.25, 0.3) is 5.56 Å². The highest BCUT2D eigenvalue weighted by Crippen LogP contribution is 2.28. The standard InChI is InChI=1S/C23H18FN7O/c1-14-8-21-26-6-4-22(32)31(21)29-23(14)30-7-5-19-16(13-30)9-18(12-27-19)28-20-10-17(24)3-2-15(20)11-25/h2-4,6,8-10,12,28H,5,7,13H2,1H3. The van der Waals surface area contributed by atoms with E-state index < -0.39 is 5.82 Å². The van der Waals surface area contributed by atoms with E-state index in [2.05, 4.69) is 31.4 Å². The lowest BCUT2D eigenvalue weighted by Gasteiger charge is -2.30. The number of rotatable bonds is 3. The van der Waals surface area contributed by atoms with E-state index in [4.69, 9.17) is 0 Å². The summed E-state index contributed by atoms with van der Waals surface area (Å²) in [6, 6.07) is 11.2. The molecular formula is C23H18FN7O. The highest BCUT2D eigenvalue weighted by Gasteiger charge is 2.21. The monoisotopic (exact) mass is 427 g/mol. The number of anilines is 3. The number of aryl methyl sites for hydroxylation is 1. The van der Waals surface area contributed by atoms with Gasteiger partial charge in [-0.25, -0.2) is 9.37 Å². The Balaban J connectivity index is 1.47. The molecule has 1 aliphatic rings. The number of nitrogens with zero attached hydrogens (tertiary/aromatic N) is 6. The molecule has 0 spiro atoms. The van der Waals surface area contributed by atoms with E-state index >= 15 is 0 Å². The van der Waals surface area contributed by atoms with Gasteiger partial charge >= 0.3 is 0 Å². The van der Waals surface area contributed by atoms with Crippen molar-refractivity contribution in [3.8, 4) is 6.07 Å². The quantitative estimate of drug-likeness (QED) is 0.536. The maximum atomic E-state index is 13.7. The van der Waals surface area contributed by atoms with Gasteiger partial charge in [0.2, 0.25) is 0 Å². The molecule has 1 aliphatic heterocycles. The minimum Gasteiger partial charge on any atom is -0.353 e. The van der Waals surface area contributed by atoms with E-state index in [1.165, 1.54) is 35.0 Å². The molecule has 5 rings (SSSR count). The van der Waals surface area contributed by atoms with Crippen molar-refractivity contribution in [2.24, 2.45) is 0 Å². The topological polar surface area (TPSA) is 99.2 Å². The molecule has 0 saturated heterocycles. The van der Waals surface area contributed by atoms with Crippen LogP contribution in [-0.2, 0) is 13.0 Å². The van der Waals surface area contributed by atoms with E-state index in [0.29, 0.717) is 41.5 Å². The van der Waals surface area contributed by atoms with Gasteiger partial charge in [-0.2, -0.15) is 9.78 Å². The van der Waals surface area contributed by atoms with E-state index in [-0.39, 0.29) is 5.56 Å². The number of nitriles is 1. The molecule has 158 valence electrons. The Morgan fingerprint density at radius 2 is 2.06 bits per heavy atom. The van der Waals surface area contributed by atoms with Crippen LogP contribution in [0.4, 0.5) is 21.6 Å². The largest absolute Gasteiger partial charge is 0.353 e. The molecule has 0 atom stereocenters. The van der Waals surface area contributed by atoms with Crippen LogP contribution in [-0.4, -0.2) is 26.1 Å². The predicted octanol–water partition coefficient (Wildman–Crippen LogP) is 3.11. The fourth-order valence-electron chi connectivity index (χ4n) is 3.91. The Hall–Kier alpha value is -4.32. The average molecular weight is 427 g/mol. The van der Waals surface area contributed by atoms with Crippen molar-refractivity contribution >= 4 is 22.8 Å². The molecule has 0 radical (unpaired) electrons. The third kappa shape index (κ3) is 3.52. The van der Waals surface area contributed by atoms with Crippen LogP contribution in [0.15, 0.2) is 53.6 Å². The SMILES string of the molecule is Cc1cc2nccc(=O)n2nc1N1CCc2ncc(Nc3cc(F)ccc3C#N)cc2C1. The first kappa shape index (κ1) is 19.6. The zero-order valence-corrected chi connectivity index (χ0v) is 17.2. The minimum atomic E-state index is -0.425. The molecule has 8 nitrogen and oxygen atoms in total. The Labute approximate surface area is 182 Å². The second-order valence-corrected chi connectivity index (χ2v) is 7.63. The molecule has 1 N–H and O–H groups in total. The van der Waals surface area contributed by atoms with Gasteiger partial charge in [0.05, 0.1) is 23.1 Å². The van der Waals surface area contributed by atoms with Gasteiger partial charge in [0.1, 0.15) is 11.9 Å². The van der Waals surface area contributed by atoms with Crippen molar-refractivity contribution in [3.63, 3.8) is 0 Å². The fraction of sp³-hybridized carbons (Fsp3) is 0.174. The summed E-state index contributed by atoms with van der Waals surface area (Å²) in [5, 5.41) is 16.9. The van der Waals surface area contributed by atoms with Crippen LogP contribution >= 0.6 is 0 Å². The summed E-state index contributed by atoms with van der Waals surface area (Å²) in [5.74, 6) is 0.291. The van der Waals surface area contributed by atoms with E-state index in [9.17, 15) is 14.4 Å². The van der Waals surface area contributed by atoms with E-state index in [1.807, 2.05) is 19.1 Å². The van der Waals surface area contributed by atoms with Crippen LogP contribution in [0.5, 0.6) is 0 Å². The lowest BCUT2D eigenvalue weighted by Crippen LogP contribution is -2.33. The van der Waals surface area contributed by atoms with Gasteiger partial charge in [0, 0.05) is 37.5 Å². The molecule has 0 amide bonds. The Morgan fingerprint density at radius 1 is 1.19 bits per heavy atom. The molecule has 4 aromatic rings. The van der Waals surface area contributed by atoms with Crippen molar-refractivity contribution in [1.29, 1.82) is 5.26 Å². The van der Waals surface area contributed by atoms with Crippen LogP contribution in [0.25, 0.3) is 5.65 Å². The van der Waals surface area contributed by atoms with E-state index in [0.717, 1.165) is 23.2 Å². The van der Waals surface area contributed by atoms with Gasteiger partial charge in [-0.3, -0.25) is 9.78 Å². The fourth-order valence-corrected chi connectivity index (χ4v) is 3.91. The van der Waals surface area contributed by atoms with Gasteiger partial charge in [-0.1, -0.05) is 0 Å². The normalized spacial score (nSPS) is 13.0. The van der Waals surface area contributed by atoms with Crippen LogP contribution in [0.3, 0.4) is 0 Å². The maximum absolute atomic E-state index is 13.7. The minimum absolute atomic E-state index is 0.231. The second kappa shape index (κ2) is 7.74. The Kier molecular flexibility index (Phi) is 4.75. The van der Waals surface area contributed by atoms with Crippen LogP contribution < -0.4 is 15.8 Å². The van der Waals surface area contributed by atoms with E-state index in [1.54, 1.807) is 6.20 Å². The zero-order valence-electron chi connectivity index (χ0n) is 17.2. The van der Waals surface area contributed by atoms with Gasteiger partial charge in [0.15, 0.2) is 11.5 Å². The van der Waals surface area contributed by atoms with Crippen molar-refractivity contribution in [2.45, 2.75) is 19.9 Å². The molecule has 0 saturated carbocycles. The maximum Gasteiger partial charge on any atom is 0.274 e. The smallest absolute Gasteiger partial charge is 0.274 e. The van der Waals surface area contributed by atoms with Crippen LogP contribution in [0, 0.1) is 24.1 Å². The Morgan fingerprint density at radius 3 is 2.91 bits per heavy atom. The summed E-state index contributed by atoms with van der Waals surface area (Å²) in [6.45, 7) is 3.21. The summed E-state index contributed by atoms with van der Waals surface area (Å²) >= 11 is 0. The number of aromatic nitrogens is 4.